The maximum absolute atomic E-state index is 4.38. The Morgan fingerprint density at radius 2 is 2.29 bits per heavy atom. The molecule has 2 rings (SSSR count). The quantitative estimate of drug-likeness (QED) is 0.845. The third-order valence-corrected chi connectivity index (χ3v) is 3.16. The van der Waals surface area contributed by atoms with Crippen LogP contribution in [0.4, 0.5) is 11.6 Å². The number of hydrogen-bond acceptors (Lipinski definition) is 5. The molecule has 0 aliphatic carbocycles. The molecule has 1 saturated heterocycles. The van der Waals surface area contributed by atoms with Gasteiger partial charge in [-0.1, -0.05) is 0 Å². The summed E-state index contributed by atoms with van der Waals surface area (Å²) in [6.07, 6.45) is 4.13. The van der Waals surface area contributed by atoms with Crippen LogP contribution in [0.5, 0.6) is 0 Å². The Hall–Kier alpha value is -1.36. The van der Waals surface area contributed by atoms with Gasteiger partial charge in [0.05, 0.1) is 0 Å². The number of anilines is 2. The molecule has 17 heavy (non-hydrogen) atoms. The van der Waals surface area contributed by atoms with Crippen molar-refractivity contribution in [2.75, 3.05) is 44.4 Å². The summed E-state index contributed by atoms with van der Waals surface area (Å²) in [7, 11) is 6.12. The lowest BCUT2D eigenvalue weighted by molar-refractivity contribution is 0.371. The van der Waals surface area contributed by atoms with E-state index in [-0.39, 0.29) is 0 Å². The highest BCUT2D eigenvalue weighted by atomic mass is 15.3. The van der Waals surface area contributed by atoms with E-state index in [0.29, 0.717) is 6.04 Å². The van der Waals surface area contributed by atoms with E-state index in [0.717, 1.165) is 24.7 Å². The van der Waals surface area contributed by atoms with Gasteiger partial charge in [0.25, 0.3) is 0 Å². The zero-order chi connectivity index (χ0) is 12.3. The molecule has 1 aromatic rings. The molecule has 2 heterocycles. The number of likely N-dealkylation sites (N-methyl/N-ethyl adjacent to an activating group) is 1. The second-order valence-corrected chi connectivity index (χ2v) is 4.76. The van der Waals surface area contributed by atoms with E-state index in [1.54, 1.807) is 6.33 Å². The molecule has 1 aliphatic rings. The van der Waals surface area contributed by atoms with E-state index in [1.165, 1.54) is 12.8 Å². The minimum absolute atomic E-state index is 0.574. The first kappa shape index (κ1) is 12.1. The Bertz CT molecular complexity index is 366. The van der Waals surface area contributed by atoms with Crippen molar-refractivity contribution in [3.05, 3.63) is 12.4 Å². The smallest absolute Gasteiger partial charge is 0.134 e. The first-order valence-corrected chi connectivity index (χ1v) is 6.12. The Morgan fingerprint density at radius 3 is 3.00 bits per heavy atom. The van der Waals surface area contributed by atoms with Crippen molar-refractivity contribution in [3.8, 4) is 0 Å². The van der Waals surface area contributed by atoms with Crippen molar-refractivity contribution in [1.29, 1.82) is 0 Å². The highest BCUT2D eigenvalue weighted by Gasteiger charge is 2.26. The molecule has 0 aromatic carbocycles. The summed E-state index contributed by atoms with van der Waals surface area (Å²) in [6.45, 7) is 2.18. The van der Waals surface area contributed by atoms with Crippen molar-refractivity contribution in [2.45, 2.75) is 18.9 Å². The topological polar surface area (TPSA) is 44.3 Å². The number of nitrogens with zero attached hydrogens (tertiary/aromatic N) is 4. The second kappa shape index (κ2) is 5.31. The zero-order valence-electron chi connectivity index (χ0n) is 10.8. The first-order chi connectivity index (χ1) is 8.20. The van der Waals surface area contributed by atoms with Gasteiger partial charge in [0.2, 0.25) is 0 Å². The summed E-state index contributed by atoms with van der Waals surface area (Å²) in [4.78, 5) is 13.2. The summed E-state index contributed by atoms with van der Waals surface area (Å²) in [6, 6.07) is 2.60. The number of hydrogen-bond donors (Lipinski definition) is 1. The van der Waals surface area contributed by atoms with Crippen molar-refractivity contribution in [2.24, 2.45) is 0 Å². The third kappa shape index (κ3) is 2.85. The Balaban J connectivity index is 2.14. The summed E-state index contributed by atoms with van der Waals surface area (Å²) >= 11 is 0. The largest absolute Gasteiger partial charge is 0.373 e. The highest BCUT2D eigenvalue weighted by Crippen LogP contribution is 2.24. The fraction of sp³-hybridized carbons (Fsp3) is 0.667. The molecule has 0 saturated carbocycles. The zero-order valence-corrected chi connectivity index (χ0v) is 10.8. The standard InChI is InChI=1S/C12H21N5/c1-13-11-7-12(15-9-14-11)17-6-4-5-10(17)8-16(2)3/h7,9-10H,4-6,8H2,1-3H3,(H,13,14,15). The fourth-order valence-electron chi connectivity index (χ4n) is 2.39. The van der Waals surface area contributed by atoms with Gasteiger partial charge in [0.15, 0.2) is 0 Å². The van der Waals surface area contributed by atoms with Gasteiger partial charge < -0.3 is 15.1 Å². The molecule has 1 N–H and O–H groups in total. The van der Waals surface area contributed by atoms with E-state index < -0.39 is 0 Å². The molecule has 0 spiro atoms. The molecule has 5 nitrogen and oxygen atoms in total. The molecule has 94 valence electrons. The Labute approximate surface area is 103 Å². The Morgan fingerprint density at radius 1 is 1.47 bits per heavy atom. The molecule has 5 heteroatoms. The van der Waals surface area contributed by atoms with Crippen LogP contribution in [0.15, 0.2) is 12.4 Å². The van der Waals surface area contributed by atoms with E-state index >= 15 is 0 Å². The highest BCUT2D eigenvalue weighted by molar-refractivity contribution is 5.49. The van der Waals surface area contributed by atoms with Crippen LogP contribution >= 0.6 is 0 Å². The van der Waals surface area contributed by atoms with E-state index in [2.05, 4.69) is 39.2 Å². The normalized spacial score (nSPS) is 20.0. The van der Waals surface area contributed by atoms with Gasteiger partial charge in [-0.3, -0.25) is 0 Å². The predicted octanol–water partition coefficient (Wildman–Crippen LogP) is 1.05. The van der Waals surface area contributed by atoms with Gasteiger partial charge in [0, 0.05) is 32.2 Å². The maximum atomic E-state index is 4.38. The average Bonchev–Trinajstić information content (AvgIpc) is 2.76. The number of aromatic nitrogens is 2. The average molecular weight is 235 g/mol. The van der Waals surface area contributed by atoms with Gasteiger partial charge in [-0.2, -0.15) is 0 Å². The fourth-order valence-corrected chi connectivity index (χ4v) is 2.39. The maximum Gasteiger partial charge on any atom is 0.134 e. The molecule has 1 aromatic heterocycles. The molecule has 1 atom stereocenters. The van der Waals surface area contributed by atoms with Crippen molar-refractivity contribution in [3.63, 3.8) is 0 Å². The van der Waals surface area contributed by atoms with Gasteiger partial charge in [0.1, 0.15) is 18.0 Å². The lowest BCUT2D eigenvalue weighted by atomic mass is 10.2. The number of rotatable bonds is 4. The van der Waals surface area contributed by atoms with Gasteiger partial charge in [-0.25, -0.2) is 9.97 Å². The predicted molar refractivity (Wildman–Crippen MR) is 70.5 cm³/mol. The molecule has 0 radical (unpaired) electrons. The molecule has 1 unspecified atom stereocenters. The third-order valence-electron chi connectivity index (χ3n) is 3.16. The van der Waals surface area contributed by atoms with Crippen LogP contribution in [-0.2, 0) is 0 Å². The molecule has 1 fully saturated rings. The molecule has 0 bridgehead atoms. The van der Waals surface area contributed by atoms with Crippen LogP contribution in [-0.4, -0.2) is 55.1 Å². The van der Waals surface area contributed by atoms with Crippen LogP contribution in [0.2, 0.25) is 0 Å². The lowest BCUT2D eigenvalue weighted by Gasteiger charge is -2.28. The number of nitrogens with one attached hydrogen (secondary N) is 1. The Kier molecular flexibility index (Phi) is 3.78. The monoisotopic (exact) mass is 235 g/mol. The SMILES string of the molecule is CNc1cc(N2CCCC2CN(C)C)ncn1. The van der Waals surface area contributed by atoms with Gasteiger partial charge in [-0.05, 0) is 26.9 Å². The summed E-state index contributed by atoms with van der Waals surface area (Å²) in [5, 5.41) is 3.06. The lowest BCUT2D eigenvalue weighted by Crippen LogP contribution is -2.38. The second-order valence-electron chi connectivity index (χ2n) is 4.76. The molecule has 1 aliphatic heterocycles. The first-order valence-electron chi connectivity index (χ1n) is 6.12. The van der Waals surface area contributed by atoms with Crippen molar-refractivity contribution in [1.82, 2.24) is 14.9 Å². The molecular formula is C12H21N5. The van der Waals surface area contributed by atoms with Crippen LogP contribution in [0, 0.1) is 0 Å². The van der Waals surface area contributed by atoms with Crippen molar-refractivity contribution >= 4 is 11.6 Å². The van der Waals surface area contributed by atoms with Crippen LogP contribution in [0.3, 0.4) is 0 Å². The van der Waals surface area contributed by atoms with Gasteiger partial charge in [-0.15, -0.1) is 0 Å². The minimum atomic E-state index is 0.574. The van der Waals surface area contributed by atoms with Crippen LogP contribution < -0.4 is 10.2 Å². The van der Waals surface area contributed by atoms with Gasteiger partial charge >= 0.3 is 0 Å². The minimum Gasteiger partial charge on any atom is -0.373 e. The molecular weight excluding hydrogens is 214 g/mol. The van der Waals surface area contributed by atoms with Crippen molar-refractivity contribution < 1.29 is 0 Å². The van der Waals surface area contributed by atoms with Crippen LogP contribution in [0.25, 0.3) is 0 Å². The van der Waals surface area contributed by atoms with Crippen LogP contribution in [0.1, 0.15) is 12.8 Å². The summed E-state index contributed by atoms with van der Waals surface area (Å²) in [5.74, 6) is 1.92. The molecule has 0 amide bonds. The van der Waals surface area contributed by atoms with E-state index in [1.807, 2.05) is 13.1 Å². The van der Waals surface area contributed by atoms with E-state index in [4.69, 9.17) is 0 Å². The van der Waals surface area contributed by atoms with E-state index in [9.17, 15) is 0 Å². The summed E-state index contributed by atoms with van der Waals surface area (Å²) in [5.41, 5.74) is 0. The summed E-state index contributed by atoms with van der Waals surface area (Å²) < 4.78 is 0.